The minimum Gasteiger partial charge on any atom is -0.497 e. The third-order valence-electron chi connectivity index (χ3n) is 11.3. The van der Waals surface area contributed by atoms with Gasteiger partial charge in [0.1, 0.15) is 23.0 Å². The van der Waals surface area contributed by atoms with Crippen LogP contribution in [0.3, 0.4) is 0 Å². The van der Waals surface area contributed by atoms with Crippen LogP contribution in [0.4, 0.5) is 4.39 Å². The first-order chi connectivity index (χ1) is 29.2. The molecule has 4 heterocycles. The SMILES string of the molecule is CCOC(=O)c1c(CCCOc2cc(SCc3ccc(OC)cc3)cc3cc(F)ccc23)c2ccc(Cl)c(-c3c(CNCc4cc(CC)n(C)n4)nn4c3CCC4)c2n1C. The minimum absolute atomic E-state index is 0.250. The molecule has 0 aliphatic carbocycles. The van der Waals surface area contributed by atoms with Crippen LogP contribution in [0.15, 0.2) is 77.7 Å². The Bertz CT molecular complexity index is 2690. The van der Waals surface area contributed by atoms with Gasteiger partial charge in [0.2, 0.25) is 0 Å². The Morgan fingerprint density at radius 1 is 0.967 bits per heavy atom. The predicted molar refractivity (Wildman–Crippen MR) is 237 cm³/mol. The number of halogens is 2. The Kier molecular flexibility index (Phi) is 12.5. The second kappa shape index (κ2) is 18.1. The second-order valence-electron chi connectivity index (χ2n) is 15.1. The van der Waals surface area contributed by atoms with Crippen molar-refractivity contribution in [3.63, 3.8) is 0 Å². The molecule has 1 aliphatic rings. The van der Waals surface area contributed by atoms with E-state index < -0.39 is 0 Å². The van der Waals surface area contributed by atoms with Crippen molar-refractivity contribution in [2.24, 2.45) is 14.1 Å². The summed E-state index contributed by atoms with van der Waals surface area (Å²) in [4.78, 5) is 14.8. The molecule has 0 amide bonds. The lowest BCUT2D eigenvalue weighted by Crippen LogP contribution is -2.15. The van der Waals surface area contributed by atoms with Crippen LogP contribution in [0.1, 0.15) is 71.1 Å². The zero-order valence-corrected chi connectivity index (χ0v) is 36.3. The highest BCUT2D eigenvalue weighted by Crippen LogP contribution is 2.43. The van der Waals surface area contributed by atoms with Crippen LogP contribution in [0.5, 0.6) is 11.5 Å². The van der Waals surface area contributed by atoms with Crippen molar-refractivity contribution >= 4 is 51.0 Å². The number of thioether (sulfide) groups is 1. The number of nitrogens with one attached hydrogen (secondary N) is 1. The molecule has 0 bridgehead atoms. The van der Waals surface area contributed by atoms with Crippen molar-refractivity contribution < 1.29 is 23.4 Å². The van der Waals surface area contributed by atoms with E-state index in [-0.39, 0.29) is 18.4 Å². The molecule has 312 valence electrons. The van der Waals surface area contributed by atoms with Crippen LogP contribution in [0, 0.1) is 5.82 Å². The fourth-order valence-electron chi connectivity index (χ4n) is 8.45. The number of esters is 1. The number of ether oxygens (including phenoxy) is 3. The van der Waals surface area contributed by atoms with Gasteiger partial charge in [-0.1, -0.05) is 36.7 Å². The van der Waals surface area contributed by atoms with Gasteiger partial charge in [-0.25, -0.2) is 9.18 Å². The molecule has 1 N–H and O–H groups in total. The first-order valence-corrected chi connectivity index (χ1v) is 21.9. The van der Waals surface area contributed by atoms with E-state index in [1.165, 1.54) is 11.8 Å². The molecule has 0 radical (unpaired) electrons. The van der Waals surface area contributed by atoms with Crippen molar-refractivity contribution in [1.82, 2.24) is 29.4 Å². The summed E-state index contributed by atoms with van der Waals surface area (Å²) in [5, 5.41) is 16.5. The molecule has 0 spiro atoms. The Morgan fingerprint density at radius 2 is 1.78 bits per heavy atom. The average molecular weight is 849 g/mol. The zero-order valence-electron chi connectivity index (χ0n) is 34.7. The predicted octanol–water partition coefficient (Wildman–Crippen LogP) is 10.0. The van der Waals surface area contributed by atoms with E-state index >= 15 is 0 Å². The summed E-state index contributed by atoms with van der Waals surface area (Å²) in [6.07, 6.45) is 3.97. The van der Waals surface area contributed by atoms with Gasteiger partial charge in [-0.3, -0.25) is 9.36 Å². The molecule has 0 fully saturated rings. The van der Waals surface area contributed by atoms with Crippen LogP contribution in [0.2, 0.25) is 5.02 Å². The average Bonchev–Trinajstić information content (AvgIpc) is 4.00. The molecule has 8 rings (SSSR count). The van der Waals surface area contributed by atoms with Gasteiger partial charge >= 0.3 is 5.97 Å². The second-order valence-corrected chi connectivity index (χ2v) is 16.6. The zero-order chi connectivity index (χ0) is 41.9. The molecule has 60 heavy (non-hydrogen) atoms. The van der Waals surface area contributed by atoms with Crippen molar-refractivity contribution in [3.8, 4) is 22.6 Å². The summed E-state index contributed by atoms with van der Waals surface area (Å²) < 4.78 is 37.9. The molecule has 0 unspecified atom stereocenters. The largest absolute Gasteiger partial charge is 0.497 e. The molecule has 10 nitrogen and oxygen atoms in total. The van der Waals surface area contributed by atoms with Crippen molar-refractivity contribution in [2.75, 3.05) is 20.3 Å². The van der Waals surface area contributed by atoms with Gasteiger partial charge in [0, 0.05) is 77.7 Å². The van der Waals surface area contributed by atoms with E-state index in [1.807, 2.05) is 78.8 Å². The molecule has 0 atom stereocenters. The molecule has 0 saturated heterocycles. The van der Waals surface area contributed by atoms with Gasteiger partial charge in [-0.05, 0) is 110 Å². The number of carbonyl (C=O) groups is 1. The highest BCUT2D eigenvalue weighted by atomic mass is 35.5. The fourth-order valence-corrected chi connectivity index (χ4v) is 9.62. The smallest absolute Gasteiger partial charge is 0.355 e. The molecule has 13 heteroatoms. The molecule has 4 aromatic carbocycles. The van der Waals surface area contributed by atoms with Gasteiger partial charge in [0.05, 0.1) is 42.3 Å². The van der Waals surface area contributed by atoms with Gasteiger partial charge in [0.25, 0.3) is 0 Å². The molecule has 3 aromatic heterocycles. The van der Waals surface area contributed by atoms with Crippen LogP contribution < -0.4 is 14.8 Å². The lowest BCUT2D eigenvalue weighted by Gasteiger charge is -2.13. The fraction of sp³-hybridized carbons (Fsp3) is 0.340. The Balaban J connectivity index is 1.08. The number of nitrogens with zero attached hydrogens (tertiary/aromatic N) is 5. The van der Waals surface area contributed by atoms with Gasteiger partial charge in [-0.2, -0.15) is 10.2 Å². The first-order valence-electron chi connectivity index (χ1n) is 20.6. The first kappa shape index (κ1) is 41.4. The summed E-state index contributed by atoms with van der Waals surface area (Å²) in [5.74, 6) is 1.55. The maximum Gasteiger partial charge on any atom is 0.355 e. The number of aryl methyl sites for hydroxylation is 5. The lowest BCUT2D eigenvalue weighted by atomic mass is 9.97. The number of rotatable bonds is 17. The van der Waals surface area contributed by atoms with Gasteiger partial charge in [0.15, 0.2) is 0 Å². The molecule has 7 aromatic rings. The number of hydrogen-bond donors (Lipinski definition) is 1. The number of hydrogen-bond acceptors (Lipinski definition) is 8. The van der Waals surface area contributed by atoms with E-state index in [4.69, 9.17) is 30.9 Å². The van der Waals surface area contributed by atoms with Crippen LogP contribution >= 0.6 is 23.4 Å². The monoisotopic (exact) mass is 848 g/mol. The standard InChI is InChI=1S/C47H50ClFN6O4S/c1-6-33-24-32(51-54(33)4)26-50-27-40-44(41-11-8-20-55(41)52-40)43-39(48)19-18-38-37(46(47(56)58-7-2)53(3)45(38)43)10-9-21-59-42-25-35(23-30-22-31(49)14-17-36(30)42)60-28-29-12-15-34(57-5)16-13-29/h12-19,22-25,50H,6-11,20-21,26-28H2,1-5H3. The molecular weight excluding hydrogens is 799 g/mol. The molecule has 0 saturated carbocycles. The maximum atomic E-state index is 14.5. The van der Waals surface area contributed by atoms with Gasteiger partial charge in [-0.15, -0.1) is 11.8 Å². The number of fused-ring (bicyclic) bond motifs is 3. The van der Waals surface area contributed by atoms with E-state index in [9.17, 15) is 9.18 Å². The lowest BCUT2D eigenvalue weighted by molar-refractivity contribution is 0.0514. The quantitative estimate of drug-likeness (QED) is 0.0550. The number of methoxy groups -OCH3 is 1. The van der Waals surface area contributed by atoms with E-state index in [0.717, 1.165) is 103 Å². The summed E-state index contributed by atoms with van der Waals surface area (Å²) in [6.45, 7) is 6.56. The van der Waals surface area contributed by atoms with E-state index in [2.05, 4.69) is 28.1 Å². The Labute approximate surface area is 358 Å². The van der Waals surface area contributed by atoms with Crippen molar-refractivity contribution in [3.05, 3.63) is 123 Å². The Morgan fingerprint density at radius 3 is 2.55 bits per heavy atom. The maximum absolute atomic E-state index is 14.5. The van der Waals surface area contributed by atoms with E-state index in [0.29, 0.717) is 49.0 Å². The molecule has 1 aliphatic heterocycles. The third kappa shape index (κ3) is 8.37. The van der Waals surface area contributed by atoms with Gasteiger partial charge < -0.3 is 24.1 Å². The Hall–Kier alpha value is -5.30. The van der Waals surface area contributed by atoms with Crippen LogP contribution in [-0.2, 0) is 63.5 Å². The normalized spacial score (nSPS) is 12.4. The van der Waals surface area contributed by atoms with Crippen molar-refractivity contribution in [1.29, 1.82) is 0 Å². The van der Waals surface area contributed by atoms with Crippen LogP contribution in [0.25, 0.3) is 32.8 Å². The summed E-state index contributed by atoms with van der Waals surface area (Å²) in [6, 6.07) is 22.9. The molecular formula is C47H50ClFN6O4S. The topological polar surface area (TPSA) is 97.4 Å². The summed E-state index contributed by atoms with van der Waals surface area (Å²) in [5.41, 5.74) is 9.53. The number of aromatic nitrogens is 5. The summed E-state index contributed by atoms with van der Waals surface area (Å²) >= 11 is 8.86. The van der Waals surface area contributed by atoms with Crippen molar-refractivity contribution in [2.45, 2.75) is 76.2 Å². The van der Waals surface area contributed by atoms with Crippen LogP contribution in [-0.4, -0.2) is 50.4 Å². The summed E-state index contributed by atoms with van der Waals surface area (Å²) in [7, 11) is 5.55. The highest BCUT2D eigenvalue weighted by molar-refractivity contribution is 7.98. The van der Waals surface area contributed by atoms with E-state index in [1.54, 1.807) is 31.0 Å². The third-order valence-corrected chi connectivity index (χ3v) is 12.6. The minimum atomic E-state index is -0.382. The highest BCUT2D eigenvalue weighted by Gasteiger charge is 2.30. The number of benzene rings is 4. The number of carbonyl (C=O) groups excluding carboxylic acids is 1.